The summed E-state index contributed by atoms with van der Waals surface area (Å²) in [5.74, 6) is -2.97. The third-order valence-electron chi connectivity index (χ3n) is 4.95. The molecule has 0 saturated carbocycles. The summed E-state index contributed by atoms with van der Waals surface area (Å²) in [5.41, 5.74) is -1.04. The molecule has 1 saturated heterocycles. The maximum absolute atomic E-state index is 15.1. The predicted octanol–water partition coefficient (Wildman–Crippen LogP) is 2.83. The van der Waals surface area contributed by atoms with Gasteiger partial charge in [0.1, 0.15) is 17.2 Å². The van der Waals surface area contributed by atoms with E-state index >= 15 is 4.39 Å². The Hall–Kier alpha value is -3.05. The van der Waals surface area contributed by atoms with Crippen LogP contribution >= 0.6 is 0 Å². The van der Waals surface area contributed by atoms with E-state index in [1.54, 1.807) is 0 Å². The van der Waals surface area contributed by atoms with Crippen molar-refractivity contribution in [1.29, 1.82) is 0 Å². The van der Waals surface area contributed by atoms with Gasteiger partial charge in [-0.05, 0) is 31.0 Å². The molecule has 1 aliphatic rings. The minimum atomic E-state index is -4.01. The number of hydrogen-bond donors (Lipinski definition) is 2. The minimum Gasteiger partial charge on any atom is -0.495 e. The molecule has 1 aliphatic heterocycles. The number of ketones is 1. The molecule has 8 nitrogen and oxygen atoms in total. The Kier molecular flexibility index (Phi) is 5.16. The van der Waals surface area contributed by atoms with Crippen molar-refractivity contribution in [2.45, 2.75) is 12.8 Å². The highest BCUT2D eigenvalue weighted by Gasteiger charge is 2.29. The number of H-pyrrole nitrogens is 1. The van der Waals surface area contributed by atoms with E-state index in [0.29, 0.717) is 42.7 Å². The molecule has 4 rings (SSSR count). The van der Waals surface area contributed by atoms with Gasteiger partial charge in [0.2, 0.25) is 5.78 Å². The summed E-state index contributed by atoms with van der Waals surface area (Å²) >= 11 is 0. The van der Waals surface area contributed by atoms with E-state index in [9.17, 15) is 17.6 Å². The number of hydrogen-bond acceptors (Lipinski definition) is 5. The third kappa shape index (κ3) is 3.50. The SMILES string of the molecule is COc1cnc2[nH]cc(C(=O)c3c(F)ccc(NS(=O)(=O)N4CCCC4)c3F)c2c1. The van der Waals surface area contributed by atoms with Crippen LogP contribution in [0, 0.1) is 11.6 Å². The van der Waals surface area contributed by atoms with Crippen molar-refractivity contribution in [2.24, 2.45) is 0 Å². The van der Waals surface area contributed by atoms with Crippen LogP contribution in [0.5, 0.6) is 5.75 Å². The summed E-state index contributed by atoms with van der Waals surface area (Å²) in [6.07, 6.45) is 4.13. The van der Waals surface area contributed by atoms with E-state index in [1.165, 1.54) is 29.9 Å². The van der Waals surface area contributed by atoms with Crippen LogP contribution in [0.4, 0.5) is 14.5 Å². The lowest BCUT2D eigenvalue weighted by Gasteiger charge is -2.18. The Morgan fingerprint density at radius 1 is 1.27 bits per heavy atom. The van der Waals surface area contributed by atoms with Crippen LogP contribution in [0.1, 0.15) is 28.8 Å². The number of methoxy groups -OCH3 is 1. The van der Waals surface area contributed by atoms with Crippen LogP contribution in [0.3, 0.4) is 0 Å². The highest BCUT2D eigenvalue weighted by Crippen LogP contribution is 2.29. The lowest BCUT2D eigenvalue weighted by atomic mass is 10.0. The van der Waals surface area contributed by atoms with Gasteiger partial charge in [-0.1, -0.05) is 0 Å². The van der Waals surface area contributed by atoms with Gasteiger partial charge < -0.3 is 9.72 Å². The molecule has 2 N–H and O–H groups in total. The van der Waals surface area contributed by atoms with Crippen molar-refractivity contribution in [1.82, 2.24) is 14.3 Å². The van der Waals surface area contributed by atoms with Crippen LogP contribution in [0.15, 0.2) is 30.6 Å². The first-order valence-electron chi connectivity index (χ1n) is 9.13. The molecule has 3 aromatic rings. The second kappa shape index (κ2) is 7.65. The van der Waals surface area contributed by atoms with Crippen molar-refractivity contribution in [2.75, 3.05) is 24.9 Å². The Morgan fingerprint density at radius 3 is 2.70 bits per heavy atom. The molecule has 0 atom stereocenters. The van der Waals surface area contributed by atoms with Gasteiger partial charge in [0, 0.05) is 30.2 Å². The number of nitrogens with one attached hydrogen (secondary N) is 2. The van der Waals surface area contributed by atoms with Gasteiger partial charge in [-0.2, -0.15) is 12.7 Å². The number of anilines is 1. The molecule has 2 aromatic heterocycles. The molecule has 0 amide bonds. The lowest BCUT2D eigenvalue weighted by molar-refractivity contribution is 0.103. The first-order valence-corrected chi connectivity index (χ1v) is 10.6. The topological polar surface area (TPSA) is 104 Å². The van der Waals surface area contributed by atoms with Gasteiger partial charge in [0.15, 0.2) is 5.82 Å². The zero-order valence-electron chi connectivity index (χ0n) is 15.9. The predicted molar refractivity (Wildman–Crippen MR) is 106 cm³/mol. The third-order valence-corrected chi connectivity index (χ3v) is 6.47. The zero-order valence-corrected chi connectivity index (χ0v) is 16.7. The fraction of sp³-hybridized carbons (Fsp3) is 0.263. The van der Waals surface area contributed by atoms with Crippen LogP contribution in [0.25, 0.3) is 11.0 Å². The second-order valence-electron chi connectivity index (χ2n) is 6.80. The average Bonchev–Trinajstić information content (AvgIpc) is 3.40. The Bertz CT molecular complexity index is 1240. The lowest BCUT2D eigenvalue weighted by Crippen LogP contribution is -2.33. The smallest absolute Gasteiger partial charge is 0.301 e. The van der Waals surface area contributed by atoms with Crippen LogP contribution in [0.2, 0.25) is 0 Å². The molecule has 158 valence electrons. The monoisotopic (exact) mass is 436 g/mol. The maximum Gasteiger partial charge on any atom is 0.301 e. The van der Waals surface area contributed by atoms with Gasteiger partial charge in [-0.15, -0.1) is 0 Å². The first-order chi connectivity index (χ1) is 14.3. The molecule has 11 heteroatoms. The largest absolute Gasteiger partial charge is 0.495 e. The number of ether oxygens (including phenoxy) is 1. The van der Waals surface area contributed by atoms with Crippen molar-refractivity contribution in [3.05, 3.63) is 53.4 Å². The number of fused-ring (bicyclic) bond motifs is 1. The molecular formula is C19H18F2N4O4S. The number of rotatable bonds is 6. The standard InChI is InChI=1S/C19H18F2N4O4S/c1-29-11-8-12-13(10-23-19(12)22-9-11)18(26)16-14(20)4-5-15(17(16)21)24-30(27,28)25-6-2-3-7-25/h4-5,8-10,24H,2-3,6-7H2,1H3,(H,22,23). The molecule has 1 fully saturated rings. The van der Waals surface area contributed by atoms with Gasteiger partial charge >= 0.3 is 10.2 Å². The Balaban J connectivity index is 1.74. The molecule has 0 bridgehead atoms. The summed E-state index contributed by atoms with van der Waals surface area (Å²) < 4.78 is 62.8. The van der Waals surface area contributed by atoms with E-state index in [-0.39, 0.29) is 5.56 Å². The summed E-state index contributed by atoms with van der Waals surface area (Å²) in [6.45, 7) is 0.627. The van der Waals surface area contributed by atoms with Crippen molar-refractivity contribution in [3.8, 4) is 5.75 Å². The summed E-state index contributed by atoms with van der Waals surface area (Å²) in [6, 6.07) is 3.32. The molecule has 0 aliphatic carbocycles. The normalized spacial score (nSPS) is 14.9. The highest BCUT2D eigenvalue weighted by molar-refractivity contribution is 7.90. The second-order valence-corrected chi connectivity index (χ2v) is 8.47. The quantitative estimate of drug-likeness (QED) is 0.579. The van der Waals surface area contributed by atoms with Crippen molar-refractivity contribution in [3.63, 3.8) is 0 Å². The van der Waals surface area contributed by atoms with E-state index in [4.69, 9.17) is 4.74 Å². The molecule has 0 unspecified atom stereocenters. The number of aromatic nitrogens is 2. The molecule has 3 heterocycles. The average molecular weight is 436 g/mol. The van der Waals surface area contributed by atoms with Crippen LogP contribution in [-0.2, 0) is 10.2 Å². The molecule has 30 heavy (non-hydrogen) atoms. The number of carbonyl (C=O) groups is 1. The summed E-state index contributed by atoms with van der Waals surface area (Å²) in [5, 5.41) is 0.321. The van der Waals surface area contributed by atoms with Crippen LogP contribution < -0.4 is 9.46 Å². The highest BCUT2D eigenvalue weighted by atomic mass is 32.2. The van der Waals surface area contributed by atoms with E-state index in [1.807, 2.05) is 0 Å². The van der Waals surface area contributed by atoms with Crippen molar-refractivity contribution >= 4 is 32.7 Å². The first kappa shape index (κ1) is 20.2. The number of pyridine rings is 1. The number of halogens is 2. The number of benzene rings is 1. The van der Waals surface area contributed by atoms with E-state index in [0.717, 1.165) is 12.1 Å². The molecule has 1 aromatic carbocycles. The molecular weight excluding hydrogens is 418 g/mol. The Labute approximate surface area is 171 Å². The Morgan fingerprint density at radius 2 is 2.00 bits per heavy atom. The van der Waals surface area contributed by atoms with E-state index < -0.39 is 38.9 Å². The zero-order chi connectivity index (χ0) is 21.5. The fourth-order valence-corrected chi connectivity index (χ4v) is 4.69. The van der Waals surface area contributed by atoms with Gasteiger partial charge in [-0.3, -0.25) is 9.52 Å². The summed E-state index contributed by atoms with van der Waals surface area (Å²) in [7, 11) is -2.59. The van der Waals surface area contributed by atoms with Gasteiger partial charge in [-0.25, -0.2) is 13.8 Å². The van der Waals surface area contributed by atoms with Gasteiger partial charge in [0.05, 0.1) is 24.6 Å². The van der Waals surface area contributed by atoms with Crippen LogP contribution in [-0.4, -0.2) is 48.7 Å². The fourth-order valence-electron chi connectivity index (χ4n) is 3.39. The molecule has 0 spiro atoms. The number of nitrogens with zero attached hydrogens (tertiary/aromatic N) is 2. The molecule has 0 radical (unpaired) electrons. The van der Waals surface area contributed by atoms with E-state index in [2.05, 4.69) is 14.7 Å². The van der Waals surface area contributed by atoms with Crippen molar-refractivity contribution < 1.29 is 26.7 Å². The maximum atomic E-state index is 15.1. The summed E-state index contributed by atoms with van der Waals surface area (Å²) in [4.78, 5) is 19.8. The minimum absolute atomic E-state index is 0.0197. The van der Waals surface area contributed by atoms with Gasteiger partial charge in [0.25, 0.3) is 0 Å². The number of carbonyl (C=O) groups excluding carboxylic acids is 1. The number of aromatic amines is 1.